The van der Waals surface area contributed by atoms with Crippen LogP contribution in [0.3, 0.4) is 0 Å². The van der Waals surface area contributed by atoms with Gasteiger partial charge in [-0.05, 0) is 30.2 Å². The zero-order valence-electron chi connectivity index (χ0n) is 12.7. The fraction of sp³-hybridized carbons (Fsp3) is 0.278. The van der Waals surface area contributed by atoms with Crippen LogP contribution < -0.4 is 0 Å². The molecule has 0 saturated carbocycles. The molecule has 5 heteroatoms. The van der Waals surface area contributed by atoms with E-state index in [2.05, 4.69) is 0 Å². The monoisotopic (exact) mass is 317 g/mol. The van der Waals surface area contributed by atoms with E-state index in [0.717, 1.165) is 24.0 Å². The van der Waals surface area contributed by atoms with Crippen LogP contribution >= 0.6 is 0 Å². The second-order valence-electron chi connectivity index (χ2n) is 5.98. The smallest absolute Gasteiger partial charge is 0.159 e. The topological polar surface area (TPSA) is 29.5 Å². The first kappa shape index (κ1) is 15.8. The Morgan fingerprint density at radius 1 is 1.22 bits per heavy atom. The van der Waals surface area contributed by atoms with E-state index in [1.165, 1.54) is 6.07 Å². The largest absolute Gasteiger partial charge is 0.300 e. The van der Waals surface area contributed by atoms with Crippen LogP contribution in [0.2, 0.25) is 0 Å². The van der Waals surface area contributed by atoms with E-state index in [1.54, 1.807) is 12.0 Å². The molecule has 2 atom stereocenters. The lowest BCUT2D eigenvalue weighted by Crippen LogP contribution is -2.28. The summed E-state index contributed by atoms with van der Waals surface area (Å²) in [4.78, 5) is 17.1. The number of benzene rings is 2. The normalized spacial score (nSPS) is 24.7. The van der Waals surface area contributed by atoms with Crippen molar-refractivity contribution in [3.8, 4) is 0 Å². The predicted octanol–water partition coefficient (Wildman–Crippen LogP) is 3.80. The average molecular weight is 317 g/mol. The summed E-state index contributed by atoms with van der Waals surface area (Å²) in [6.07, 6.45) is 1.14. The zero-order chi connectivity index (χ0) is 16.4. The molecular formula is C18H17F2NO2. The second kappa shape index (κ2) is 6.18. The van der Waals surface area contributed by atoms with Crippen molar-refractivity contribution >= 4 is 6.29 Å². The first-order valence-electron chi connectivity index (χ1n) is 7.42. The SMILES string of the molecule is C[C@@]1(C=O)C[C@@H](c2ccc(F)c(F)c2)N(Cc2ccccc2)O1. The summed E-state index contributed by atoms with van der Waals surface area (Å²) in [7, 11) is 0. The van der Waals surface area contributed by atoms with E-state index in [-0.39, 0.29) is 6.04 Å². The molecule has 0 aromatic heterocycles. The third kappa shape index (κ3) is 3.30. The minimum atomic E-state index is -0.968. The van der Waals surface area contributed by atoms with Crippen LogP contribution in [0.5, 0.6) is 0 Å². The number of halogens is 2. The predicted molar refractivity (Wildman–Crippen MR) is 81.3 cm³/mol. The van der Waals surface area contributed by atoms with Crippen molar-refractivity contribution in [1.82, 2.24) is 5.06 Å². The summed E-state index contributed by atoms with van der Waals surface area (Å²) in [5.74, 6) is -1.79. The molecule has 1 fully saturated rings. The molecule has 2 aromatic carbocycles. The maximum absolute atomic E-state index is 13.6. The molecule has 23 heavy (non-hydrogen) atoms. The second-order valence-corrected chi connectivity index (χ2v) is 5.98. The number of carbonyl (C=O) groups is 1. The number of aldehydes is 1. The number of hydrogen-bond donors (Lipinski definition) is 0. The number of rotatable bonds is 4. The third-order valence-corrected chi connectivity index (χ3v) is 4.03. The molecule has 3 rings (SSSR count). The van der Waals surface area contributed by atoms with Crippen molar-refractivity contribution in [2.24, 2.45) is 0 Å². The highest BCUT2D eigenvalue weighted by Gasteiger charge is 2.43. The quantitative estimate of drug-likeness (QED) is 0.803. The lowest BCUT2D eigenvalue weighted by molar-refractivity contribution is -0.200. The van der Waals surface area contributed by atoms with Crippen molar-refractivity contribution in [3.63, 3.8) is 0 Å². The van der Waals surface area contributed by atoms with Crippen LogP contribution in [-0.2, 0) is 16.2 Å². The Labute approximate surface area is 133 Å². The van der Waals surface area contributed by atoms with Gasteiger partial charge in [0.25, 0.3) is 0 Å². The van der Waals surface area contributed by atoms with Gasteiger partial charge in [-0.25, -0.2) is 8.78 Å². The van der Waals surface area contributed by atoms with Crippen LogP contribution in [0.15, 0.2) is 48.5 Å². The lowest BCUT2D eigenvalue weighted by atomic mass is 9.94. The van der Waals surface area contributed by atoms with Crippen LogP contribution in [0.1, 0.15) is 30.5 Å². The van der Waals surface area contributed by atoms with Crippen LogP contribution in [-0.4, -0.2) is 17.0 Å². The van der Waals surface area contributed by atoms with Gasteiger partial charge in [0.15, 0.2) is 17.9 Å². The van der Waals surface area contributed by atoms with Gasteiger partial charge in [0.1, 0.15) is 5.60 Å². The minimum Gasteiger partial charge on any atom is -0.300 e. The molecule has 1 aliphatic heterocycles. The van der Waals surface area contributed by atoms with Gasteiger partial charge in [-0.15, -0.1) is 0 Å². The van der Waals surface area contributed by atoms with Crippen molar-refractivity contribution in [2.45, 2.75) is 31.5 Å². The van der Waals surface area contributed by atoms with Crippen LogP contribution in [0, 0.1) is 11.6 Å². The molecule has 2 aromatic rings. The molecule has 120 valence electrons. The molecule has 0 bridgehead atoms. The summed E-state index contributed by atoms with van der Waals surface area (Å²) >= 11 is 0. The molecule has 3 nitrogen and oxygen atoms in total. The van der Waals surface area contributed by atoms with Crippen molar-refractivity contribution in [3.05, 3.63) is 71.3 Å². The van der Waals surface area contributed by atoms with Gasteiger partial charge in [0.2, 0.25) is 0 Å². The standard InChI is InChI=1S/C18H17F2NO2/c1-18(12-22)10-17(14-7-8-15(19)16(20)9-14)21(23-18)11-13-5-3-2-4-6-13/h2-9,12,17H,10-11H2,1H3/t17-,18-/m0/s1. The van der Waals surface area contributed by atoms with E-state index >= 15 is 0 Å². The average Bonchev–Trinajstić information content (AvgIpc) is 2.88. The van der Waals surface area contributed by atoms with Crippen molar-refractivity contribution in [1.29, 1.82) is 0 Å². The Kier molecular flexibility index (Phi) is 4.24. The number of hydrogen-bond acceptors (Lipinski definition) is 3. The maximum Gasteiger partial charge on any atom is 0.159 e. The summed E-state index contributed by atoms with van der Waals surface area (Å²) in [6.45, 7) is 2.14. The zero-order valence-corrected chi connectivity index (χ0v) is 12.7. The summed E-state index contributed by atoms with van der Waals surface area (Å²) in [6, 6.07) is 13.1. The molecule has 0 aliphatic carbocycles. The van der Waals surface area contributed by atoms with Crippen molar-refractivity contribution in [2.75, 3.05) is 0 Å². The third-order valence-electron chi connectivity index (χ3n) is 4.03. The van der Waals surface area contributed by atoms with Crippen LogP contribution in [0.25, 0.3) is 0 Å². The molecule has 1 heterocycles. The van der Waals surface area contributed by atoms with E-state index in [1.807, 2.05) is 30.3 Å². The van der Waals surface area contributed by atoms with Crippen molar-refractivity contribution < 1.29 is 18.4 Å². The molecule has 1 saturated heterocycles. The number of hydroxylamine groups is 2. The molecule has 0 unspecified atom stereocenters. The summed E-state index contributed by atoms with van der Waals surface area (Å²) in [5, 5.41) is 1.66. The number of carbonyl (C=O) groups excluding carboxylic acids is 1. The van der Waals surface area contributed by atoms with Crippen LogP contribution in [0.4, 0.5) is 8.78 Å². The summed E-state index contributed by atoms with van der Waals surface area (Å²) < 4.78 is 26.7. The van der Waals surface area contributed by atoms with Gasteiger partial charge in [-0.1, -0.05) is 36.4 Å². The fourth-order valence-corrected chi connectivity index (χ4v) is 2.83. The van der Waals surface area contributed by atoms with Gasteiger partial charge in [-0.2, -0.15) is 5.06 Å². The molecule has 0 radical (unpaired) electrons. The van der Waals surface area contributed by atoms with E-state index in [4.69, 9.17) is 4.84 Å². The highest BCUT2D eigenvalue weighted by atomic mass is 19.2. The van der Waals surface area contributed by atoms with Gasteiger partial charge in [0, 0.05) is 13.0 Å². The Morgan fingerprint density at radius 2 is 1.96 bits per heavy atom. The fourth-order valence-electron chi connectivity index (χ4n) is 2.83. The van der Waals surface area contributed by atoms with E-state index in [0.29, 0.717) is 18.5 Å². The molecule has 0 N–H and O–H groups in total. The van der Waals surface area contributed by atoms with Gasteiger partial charge in [0.05, 0.1) is 6.04 Å². The molecule has 0 spiro atoms. The van der Waals surface area contributed by atoms with E-state index in [9.17, 15) is 13.6 Å². The first-order valence-corrected chi connectivity index (χ1v) is 7.42. The Bertz CT molecular complexity index is 707. The Balaban J connectivity index is 1.91. The van der Waals surface area contributed by atoms with Gasteiger partial charge in [-0.3, -0.25) is 4.84 Å². The van der Waals surface area contributed by atoms with Gasteiger partial charge < -0.3 is 4.79 Å². The number of nitrogens with zero attached hydrogens (tertiary/aromatic N) is 1. The molecule has 0 amide bonds. The first-order chi connectivity index (χ1) is 11.0. The van der Waals surface area contributed by atoms with Gasteiger partial charge >= 0.3 is 0 Å². The molecule has 1 aliphatic rings. The Hall–Kier alpha value is -2.11. The summed E-state index contributed by atoms with van der Waals surface area (Å²) in [5.41, 5.74) is 0.630. The highest BCUT2D eigenvalue weighted by Crippen LogP contribution is 2.40. The maximum atomic E-state index is 13.6. The highest BCUT2D eigenvalue weighted by molar-refractivity contribution is 5.62. The van der Waals surface area contributed by atoms with E-state index < -0.39 is 17.2 Å². The minimum absolute atomic E-state index is 0.319. The lowest BCUT2D eigenvalue weighted by Gasteiger charge is -2.23. The Morgan fingerprint density at radius 3 is 2.61 bits per heavy atom. The molecular weight excluding hydrogens is 300 g/mol.